The molecule has 0 aromatic carbocycles. The molecule has 0 aliphatic rings. The predicted molar refractivity (Wildman–Crippen MR) is 282 cm³/mol. The molecule has 6 nitrogen and oxygen atoms in total. The van der Waals surface area contributed by atoms with Crippen LogP contribution in [0.3, 0.4) is 0 Å². The van der Waals surface area contributed by atoms with Crippen molar-refractivity contribution in [2.45, 2.75) is 270 Å². The first-order valence-electron chi connectivity index (χ1n) is 27.3. The van der Waals surface area contributed by atoms with Crippen LogP contribution in [-0.4, -0.2) is 46.9 Å². The highest BCUT2D eigenvalue weighted by Crippen LogP contribution is 2.17. The van der Waals surface area contributed by atoms with Gasteiger partial charge in [-0.05, 0) is 77.0 Å². The van der Waals surface area contributed by atoms with E-state index in [1.54, 1.807) is 0 Å². The third kappa shape index (κ3) is 47.3. The number of hydrogen-bond acceptors (Lipinski definition) is 5. The van der Waals surface area contributed by atoms with E-state index >= 15 is 0 Å². The van der Waals surface area contributed by atoms with Crippen LogP contribution in [0.4, 0.5) is 0 Å². The van der Waals surface area contributed by atoms with Gasteiger partial charge in [0.05, 0.1) is 25.2 Å². The van der Waals surface area contributed by atoms with E-state index in [0.717, 1.165) is 70.6 Å². The number of ether oxygens (including phenoxy) is 1. The van der Waals surface area contributed by atoms with Gasteiger partial charge < -0.3 is 20.3 Å². The molecule has 0 rings (SSSR count). The van der Waals surface area contributed by atoms with Crippen molar-refractivity contribution in [1.82, 2.24) is 5.32 Å². The summed E-state index contributed by atoms with van der Waals surface area (Å²) in [6.07, 6.45) is 68.0. The van der Waals surface area contributed by atoms with Crippen LogP contribution >= 0.6 is 0 Å². The van der Waals surface area contributed by atoms with Crippen LogP contribution in [0.5, 0.6) is 0 Å². The van der Waals surface area contributed by atoms with E-state index in [-0.39, 0.29) is 31.3 Å². The normalized spacial score (nSPS) is 13.9. The average molecular weight is 906 g/mol. The van der Waals surface area contributed by atoms with Crippen LogP contribution in [0.25, 0.3) is 0 Å². The average Bonchev–Trinajstić information content (AvgIpc) is 3.30. The first kappa shape index (κ1) is 62.0. The maximum atomic E-state index is 13.2. The van der Waals surface area contributed by atoms with Crippen LogP contribution in [-0.2, 0) is 14.3 Å². The Bertz CT molecular complexity index is 1250. The lowest BCUT2D eigenvalue weighted by Crippen LogP contribution is -2.46. The molecule has 6 heteroatoms. The largest absolute Gasteiger partial charge is 0.462 e. The zero-order valence-corrected chi connectivity index (χ0v) is 42.6. The third-order valence-electron chi connectivity index (χ3n) is 12.0. The van der Waals surface area contributed by atoms with Gasteiger partial charge in [-0.15, -0.1) is 0 Å². The van der Waals surface area contributed by atoms with Crippen molar-refractivity contribution in [1.29, 1.82) is 0 Å². The van der Waals surface area contributed by atoms with Crippen molar-refractivity contribution in [3.8, 4) is 0 Å². The fraction of sp³-hybridized carbons (Fsp3) is 0.729. The minimum atomic E-state index is -0.816. The van der Waals surface area contributed by atoms with Crippen molar-refractivity contribution in [3.05, 3.63) is 85.1 Å². The Kier molecular flexibility index (Phi) is 49.6. The molecule has 0 aliphatic carbocycles. The Morgan fingerprint density at radius 2 is 0.892 bits per heavy atom. The van der Waals surface area contributed by atoms with E-state index in [4.69, 9.17) is 4.74 Å². The number of hydrogen-bond donors (Lipinski definition) is 3. The summed E-state index contributed by atoms with van der Waals surface area (Å²) in [6.45, 7) is 6.34. The molecule has 0 saturated carbocycles. The highest BCUT2D eigenvalue weighted by Gasteiger charge is 2.24. The Balaban J connectivity index is 4.71. The Labute approximate surface area is 402 Å². The molecule has 374 valence electrons. The standard InChI is InChI=1S/C59H103NO5/c1-4-7-10-13-16-19-22-25-28-30-33-36-39-42-45-48-51-57(62)56(54-61)60-58(63)53-55(50-47-44-41-38-35-32-27-24-21-18-15-12-9-6-3)65-59(64)52-49-46-43-40-37-34-31-29-26-23-20-17-14-11-8-5-2/h8,11,17,20,26,29,32,34-35,37-38,41,43,46,55-57,61-62H,4-7,9-10,12-16,18-19,21-25,27-28,30-31,33,36,39-40,42,44-45,47-54H2,1-3H3,(H,60,63)/b11-8+,20-17+,29-26+,35-32+,37-34+,41-38+,46-43+. The van der Waals surface area contributed by atoms with Crippen LogP contribution in [0.1, 0.15) is 252 Å². The fourth-order valence-corrected chi connectivity index (χ4v) is 7.89. The van der Waals surface area contributed by atoms with Gasteiger partial charge in [-0.25, -0.2) is 0 Å². The third-order valence-corrected chi connectivity index (χ3v) is 12.0. The van der Waals surface area contributed by atoms with Gasteiger partial charge in [0.15, 0.2) is 0 Å². The molecular weight excluding hydrogens is 803 g/mol. The Hall–Kier alpha value is -2.96. The number of unbranched alkanes of at least 4 members (excludes halogenated alkanes) is 23. The zero-order valence-electron chi connectivity index (χ0n) is 42.6. The Morgan fingerprint density at radius 3 is 1.35 bits per heavy atom. The van der Waals surface area contributed by atoms with Crippen molar-refractivity contribution >= 4 is 11.9 Å². The maximum Gasteiger partial charge on any atom is 0.306 e. The zero-order chi connectivity index (χ0) is 47.4. The van der Waals surface area contributed by atoms with Gasteiger partial charge in [-0.1, -0.05) is 247 Å². The molecule has 3 atom stereocenters. The lowest BCUT2D eigenvalue weighted by molar-refractivity contribution is -0.150. The molecule has 3 N–H and O–H groups in total. The van der Waals surface area contributed by atoms with Crippen LogP contribution < -0.4 is 5.32 Å². The van der Waals surface area contributed by atoms with Crippen LogP contribution in [0.15, 0.2) is 85.1 Å². The Morgan fingerprint density at radius 1 is 0.477 bits per heavy atom. The first-order chi connectivity index (χ1) is 32.0. The number of carbonyl (C=O) groups excluding carboxylic acids is 2. The number of carbonyl (C=O) groups is 2. The second kappa shape index (κ2) is 52.0. The molecule has 0 bridgehead atoms. The maximum absolute atomic E-state index is 13.2. The number of esters is 1. The summed E-state index contributed by atoms with van der Waals surface area (Å²) >= 11 is 0. The number of amides is 1. The molecule has 0 saturated heterocycles. The van der Waals surface area contributed by atoms with Crippen molar-refractivity contribution in [2.75, 3.05) is 6.61 Å². The quantitative estimate of drug-likeness (QED) is 0.0245. The molecule has 0 aliphatic heterocycles. The lowest BCUT2D eigenvalue weighted by atomic mass is 10.0. The second-order valence-electron chi connectivity index (χ2n) is 18.3. The number of allylic oxidation sites excluding steroid dienone is 14. The predicted octanol–water partition coefficient (Wildman–Crippen LogP) is 16.7. The van der Waals surface area contributed by atoms with E-state index in [1.165, 1.54) is 128 Å². The second-order valence-corrected chi connectivity index (χ2v) is 18.3. The highest BCUT2D eigenvalue weighted by molar-refractivity contribution is 5.77. The van der Waals surface area contributed by atoms with E-state index in [2.05, 4.69) is 105 Å². The molecule has 0 aromatic rings. The van der Waals surface area contributed by atoms with Gasteiger partial charge in [0.2, 0.25) is 5.91 Å². The van der Waals surface area contributed by atoms with Gasteiger partial charge >= 0.3 is 5.97 Å². The molecule has 65 heavy (non-hydrogen) atoms. The molecule has 1 amide bonds. The smallest absolute Gasteiger partial charge is 0.306 e. The van der Waals surface area contributed by atoms with Gasteiger partial charge in [-0.3, -0.25) is 9.59 Å². The minimum Gasteiger partial charge on any atom is -0.462 e. The van der Waals surface area contributed by atoms with Gasteiger partial charge in [0.25, 0.3) is 0 Å². The van der Waals surface area contributed by atoms with Gasteiger partial charge in [0.1, 0.15) is 6.10 Å². The fourth-order valence-electron chi connectivity index (χ4n) is 7.89. The van der Waals surface area contributed by atoms with Crippen molar-refractivity contribution in [2.24, 2.45) is 0 Å². The highest BCUT2D eigenvalue weighted by atomic mass is 16.5. The molecular formula is C59H103NO5. The summed E-state index contributed by atoms with van der Waals surface area (Å²) in [6, 6.07) is -0.735. The summed E-state index contributed by atoms with van der Waals surface area (Å²) in [7, 11) is 0. The first-order valence-corrected chi connectivity index (χ1v) is 27.3. The monoisotopic (exact) mass is 906 g/mol. The molecule has 3 unspecified atom stereocenters. The molecule has 0 heterocycles. The number of rotatable bonds is 48. The van der Waals surface area contributed by atoms with E-state index < -0.39 is 18.2 Å². The topological polar surface area (TPSA) is 95.9 Å². The number of aliphatic hydroxyl groups is 2. The van der Waals surface area contributed by atoms with E-state index in [9.17, 15) is 19.8 Å². The van der Waals surface area contributed by atoms with Crippen LogP contribution in [0.2, 0.25) is 0 Å². The molecule has 0 radical (unpaired) electrons. The van der Waals surface area contributed by atoms with Gasteiger partial charge in [-0.2, -0.15) is 0 Å². The minimum absolute atomic E-state index is 0.0116. The summed E-state index contributed by atoms with van der Waals surface area (Å²) in [5, 5.41) is 23.8. The summed E-state index contributed by atoms with van der Waals surface area (Å²) in [5.74, 6) is -0.621. The molecule has 0 aromatic heterocycles. The van der Waals surface area contributed by atoms with Gasteiger partial charge in [0, 0.05) is 6.42 Å². The SMILES string of the molecule is CC/C=C/C/C=C/C/C=C/C/C=C/C/C=C/CCC(=O)OC(CCC/C=C/C=C/CCCCCCCCC)CC(=O)NC(CO)C(O)CCCCCCCCCCCCCCCCCC. The van der Waals surface area contributed by atoms with Crippen molar-refractivity contribution in [3.63, 3.8) is 0 Å². The van der Waals surface area contributed by atoms with Crippen molar-refractivity contribution < 1.29 is 24.5 Å². The summed E-state index contributed by atoms with van der Waals surface area (Å²) in [5.41, 5.74) is 0. The summed E-state index contributed by atoms with van der Waals surface area (Å²) in [4.78, 5) is 26.1. The lowest BCUT2D eigenvalue weighted by Gasteiger charge is -2.24. The molecule has 0 fully saturated rings. The van der Waals surface area contributed by atoms with E-state index in [1.807, 2.05) is 6.08 Å². The van der Waals surface area contributed by atoms with Crippen LogP contribution in [0, 0.1) is 0 Å². The molecule has 0 spiro atoms. The number of aliphatic hydroxyl groups excluding tert-OH is 2. The summed E-state index contributed by atoms with van der Waals surface area (Å²) < 4.78 is 5.87. The number of nitrogens with one attached hydrogen (secondary N) is 1. The van der Waals surface area contributed by atoms with E-state index in [0.29, 0.717) is 19.3 Å².